The van der Waals surface area contributed by atoms with E-state index in [-0.39, 0.29) is 11.4 Å². The number of nitrogens with zero attached hydrogens (tertiary/aromatic N) is 1. The minimum atomic E-state index is -0.293. The maximum absolute atomic E-state index is 10.9. The second-order valence-corrected chi connectivity index (χ2v) is 5.01. The lowest BCUT2D eigenvalue weighted by Crippen LogP contribution is -2.34. The van der Waals surface area contributed by atoms with Crippen molar-refractivity contribution in [3.8, 4) is 0 Å². The average molecular weight is 199 g/mol. The maximum atomic E-state index is 10.9. The van der Waals surface area contributed by atoms with E-state index < -0.39 is 0 Å². The van der Waals surface area contributed by atoms with Crippen molar-refractivity contribution >= 4 is 6.03 Å². The third-order valence-electron chi connectivity index (χ3n) is 2.99. The van der Waals surface area contributed by atoms with E-state index in [0.717, 1.165) is 25.9 Å². The number of carbonyl (C=O) groups is 1. The van der Waals surface area contributed by atoms with E-state index in [0.29, 0.717) is 12.5 Å². The number of carbonyl (C=O) groups excluding carboxylic acids is 1. The first-order chi connectivity index (χ1) is 6.44. The number of likely N-dealkylation sites (tertiary alicyclic amines) is 1. The highest BCUT2D eigenvalue weighted by atomic mass is 16.2. The van der Waals surface area contributed by atoms with Crippen LogP contribution in [0.3, 0.4) is 0 Å². The summed E-state index contributed by atoms with van der Waals surface area (Å²) in [6.45, 7) is 6.64. The molecule has 0 radical (unpaired) electrons. The van der Waals surface area contributed by atoms with E-state index >= 15 is 0 Å². The van der Waals surface area contributed by atoms with Gasteiger partial charge in [-0.15, -0.1) is 0 Å². The van der Waals surface area contributed by atoms with Crippen LogP contribution in [0, 0.1) is 11.3 Å². The molecule has 14 heavy (non-hydrogen) atoms. The van der Waals surface area contributed by atoms with Gasteiger partial charge in [0, 0.05) is 13.1 Å². The van der Waals surface area contributed by atoms with Crippen LogP contribution in [0.15, 0.2) is 0 Å². The lowest BCUT2D eigenvalue weighted by molar-refractivity contribution is 0.212. The van der Waals surface area contributed by atoms with Crippen molar-refractivity contribution in [2.75, 3.05) is 19.6 Å². The van der Waals surface area contributed by atoms with E-state index in [1.165, 1.54) is 0 Å². The van der Waals surface area contributed by atoms with Crippen molar-refractivity contribution in [2.45, 2.75) is 26.7 Å². The lowest BCUT2D eigenvalue weighted by atomic mass is 9.82. The normalized spacial score (nSPS) is 22.8. The second-order valence-electron chi connectivity index (χ2n) is 5.01. The van der Waals surface area contributed by atoms with E-state index in [2.05, 4.69) is 13.8 Å². The molecule has 82 valence electrons. The number of primary amides is 1. The molecule has 1 aliphatic heterocycles. The number of rotatable bonds is 3. The predicted octanol–water partition coefficient (Wildman–Crippen LogP) is 0.762. The Morgan fingerprint density at radius 2 is 2.21 bits per heavy atom. The maximum Gasteiger partial charge on any atom is 0.314 e. The van der Waals surface area contributed by atoms with Gasteiger partial charge in [-0.2, -0.15) is 0 Å². The van der Waals surface area contributed by atoms with E-state index in [1.54, 1.807) is 4.90 Å². The van der Waals surface area contributed by atoms with Gasteiger partial charge in [-0.25, -0.2) is 4.79 Å². The van der Waals surface area contributed by atoms with Crippen LogP contribution in [0.25, 0.3) is 0 Å². The second kappa shape index (κ2) is 4.17. The Balaban J connectivity index is 2.39. The minimum Gasteiger partial charge on any atom is -0.351 e. The third-order valence-corrected chi connectivity index (χ3v) is 2.99. The van der Waals surface area contributed by atoms with Gasteiger partial charge in [-0.05, 0) is 30.7 Å². The van der Waals surface area contributed by atoms with Crippen molar-refractivity contribution in [3.05, 3.63) is 0 Å². The summed E-state index contributed by atoms with van der Waals surface area (Å²) < 4.78 is 0. The molecule has 1 unspecified atom stereocenters. The first kappa shape index (κ1) is 11.3. The van der Waals surface area contributed by atoms with Crippen LogP contribution >= 0.6 is 0 Å². The monoisotopic (exact) mass is 199 g/mol. The number of nitrogens with two attached hydrogens (primary N) is 2. The molecular formula is C10H21N3O. The van der Waals surface area contributed by atoms with E-state index in [9.17, 15) is 4.79 Å². The fourth-order valence-electron chi connectivity index (χ4n) is 2.06. The van der Waals surface area contributed by atoms with Crippen molar-refractivity contribution in [3.63, 3.8) is 0 Å². The molecule has 1 fully saturated rings. The fraction of sp³-hybridized carbons (Fsp3) is 0.900. The number of hydrogen-bond donors (Lipinski definition) is 2. The van der Waals surface area contributed by atoms with Crippen LogP contribution in [0.4, 0.5) is 4.79 Å². The van der Waals surface area contributed by atoms with Crippen LogP contribution in [0.5, 0.6) is 0 Å². The predicted molar refractivity (Wildman–Crippen MR) is 56.7 cm³/mol. The number of hydrogen-bond acceptors (Lipinski definition) is 2. The highest BCUT2D eigenvalue weighted by Crippen LogP contribution is 2.29. The zero-order valence-corrected chi connectivity index (χ0v) is 9.12. The number of amides is 2. The molecule has 0 aromatic carbocycles. The summed E-state index contributed by atoms with van der Waals surface area (Å²) >= 11 is 0. The van der Waals surface area contributed by atoms with Crippen LogP contribution < -0.4 is 11.5 Å². The molecule has 0 aliphatic carbocycles. The van der Waals surface area contributed by atoms with Crippen LogP contribution in [-0.2, 0) is 0 Å². The fourth-order valence-corrected chi connectivity index (χ4v) is 2.06. The lowest BCUT2D eigenvalue weighted by Gasteiger charge is -2.26. The summed E-state index contributed by atoms with van der Waals surface area (Å²) in [6, 6.07) is -0.293. The van der Waals surface area contributed by atoms with Gasteiger partial charge >= 0.3 is 6.03 Å². The zero-order valence-electron chi connectivity index (χ0n) is 9.12. The molecule has 1 rings (SSSR count). The first-order valence-electron chi connectivity index (χ1n) is 5.19. The topological polar surface area (TPSA) is 72.3 Å². The van der Waals surface area contributed by atoms with Crippen molar-refractivity contribution in [1.29, 1.82) is 0 Å². The zero-order chi connectivity index (χ0) is 10.8. The van der Waals surface area contributed by atoms with Gasteiger partial charge in [0.25, 0.3) is 0 Å². The SMILES string of the molecule is CC(C)(CN)CC1CCN(C(N)=O)C1. The van der Waals surface area contributed by atoms with Crippen molar-refractivity contribution in [1.82, 2.24) is 4.90 Å². The van der Waals surface area contributed by atoms with Gasteiger partial charge in [0.15, 0.2) is 0 Å². The molecule has 0 aromatic rings. The summed E-state index contributed by atoms with van der Waals surface area (Å²) in [5.41, 5.74) is 11.1. The molecular weight excluding hydrogens is 178 g/mol. The van der Waals surface area contributed by atoms with Gasteiger partial charge in [-0.1, -0.05) is 13.8 Å². The van der Waals surface area contributed by atoms with E-state index in [4.69, 9.17) is 11.5 Å². The average Bonchev–Trinajstić information content (AvgIpc) is 2.52. The molecule has 0 bridgehead atoms. The summed E-state index contributed by atoms with van der Waals surface area (Å²) in [4.78, 5) is 12.6. The van der Waals surface area contributed by atoms with Gasteiger partial charge in [0.05, 0.1) is 0 Å². The Labute approximate surface area is 85.6 Å². The number of urea groups is 1. The smallest absolute Gasteiger partial charge is 0.314 e. The highest BCUT2D eigenvalue weighted by Gasteiger charge is 2.29. The summed E-state index contributed by atoms with van der Waals surface area (Å²) in [5.74, 6) is 0.570. The molecule has 0 saturated carbocycles. The molecule has 1 saturated heterocycles. The quantitative estimate of drug-likeness (QED) is 0.704. The molecule has 0 aromatic heterocycles. The van der Waals surface area contributed by atoms with Crippen LogP contribution in [0.2, 0.25) is 0 Å². The Hall–Kier alpha value is -0.770. The van der Waals surface area contributed by atoms with Crippen LogP contribution in [0.1, 0.15) is 26.7 Å². The highest BCUT2D eigenvalue weighted by molar-refractivity contribution is 5.72. The molecule has 4 heteroatoms. The van der Waals surface area contributed by atoms with Crippen molar-refractivity contribution in [2.24, 2.45) is 22.8 Å². The Kier molecular flexibility index (Phi) is 3.37. The Bertz CT molecular complexity index is 215. The van der Waals surface area contributed by atoms with E-state index in [1.807, 2.05) is 0 Å². The molecule has 2 amide bonds. The molecule has 0 spiro atoms. The largest absolute Gasteiger partial charge is 0.351 e. The summed E-state index contributed by atoms with van der Waals surface area (Å²) in [5, 5.41) is 0. The Morgan fingerprint density at radius 3 is 2.64 bits per heavy atom. The first-order valence-corrected chi connectivity index (χ1v) is 5.19. The van der Waals surface area contributed by atoms with Gasteiger partial charge < -0.3 is 16.4 Å². The molecule has 1 heterocycles. The molecule has 4 nitrogen and oxygen atoms in total. The van der Waals surface area contributed by atoms with Crippen LogP contribution in [-0.4, -0.2) is 30.6 Å². The standard InChI is InChI=1S/C10H21N3O/c1-10(2,7-11)5-8-3-4-13(6-8)9(12)14/h8H,3-7,11H2,1-2H3,(H2,12,14). The Morgan fingerprint density at radius 1 is 1.57 bits per heavy atom. The third kappa shape index (κ3) is 2.87. The minimum absolute atomic E-state index is 0.179. The van der Waals surface area contributed by atoms with Gasteiger partial charge in [0.1, 0.15) is 0 Å². The van der Waals surface area contributed by atoms with Crippen molar-refractivity contribution < 1.29 is 4.79 Å². The molecule has 4 N–H and O–H groups in total. The molecule has 1 atom stereocenters. The summed E-state index contributed by atoms with van der Waals surface area (Å²) in [6.07, 6.45) is 2.14. The summed E-state index contributed by atoms with van der Waals surface area (Å²) in [7, 11) is 0. The van der Waals surface area contributed by atoms with Gasteiger partial charge in [-0.3, -0.25) is 0 Å². The molecule has 1 aliphatic rings. The van der Waals surface area contributed by atoms with Gasteiger partial charge in [0.2, 0.25) is 0 Å².